The smallest absolute Gasteiger partial charge is 0.128 e. The molecular weight excluding hydrogens is 181 g/mol. The molecule has 0 heterocycles. The van der Waals surface area contributed by atoms with Crippen LogP contribution in [0.4, 0.5) is 4.39 Å². The number of aryl methyl sites for hydroxylation is 1. The molecule has 0 unspecified atom stereocenters. The van der Waals surface area contributed by atoms with E-state index in [0.29, 0.717) is 18.4 Å². The fourth-order valence-corrected chi connectivity index (χ4v) is 1.40. The summed E-state index contributed by atoms with van der Waals surface area (Å²) in [6.07, 6.45) is 1.21. The summed E-state index contributed by atoms with van der Waals surface area (Å²) < 4.78 is 13.4. The number of aliphatic hydroxyl groups excluding tert-OH is 1. The summed E-state index contributed by atoms with van der Waals surface area (Å²) in [5.41, 5.74) is 7.20. The van der Waals surface area contributed by atoms with Crippen LogP contribution in [0.25, 0.3) is 0 Å². The van der Waals surface area contributed by atoms with Crippen LogP contribution in [0.2, 0.25) is 0 Å². The van der Waals surface area contributed by atoms with E-state index in [0.717, 1.165) is 5.56 Å². The van der Waals surface area contributed by atoms with Gasteiger partial charge >= 0.3 is 0 Å². The van der Waals surface area contributed by atoms with Crippen molar-refractivity contribution in [3.63, 3.8) is 0 Å². The molecule has 1 aromatic rings. The van der Waals surface area contributed by atoms with Crippen LogP contribution < -0.4 is 5.73 Å². The van der Waals surface area contributed by atoms with E-state index in [2.05, 4.69) is 0 Å². The first kappa shape index (κ1) is 11.1. The molecule has 1 rings (SSSR count). The fraction of sp³-hybridized carbons (Fsp3) is 0.455. The summed E-state index contributed by atoms with van der Waals surface area (Å²) in [5.74, 6) is -0.254. The number of hydrogen-bond acceptors (Lipinski definition) is 2. The van der Waals surface area contributed by atoms with Crippen molar-refractivity contribution in [1.29, 1.82) is 0 Å². The second kappa shape index (κ2) is 5.08. The minimum Gasteiger partial charge on any atom is -0.396 e. The molecule has 0 saturated carbocycles. The summed E-state index contributed by atoms with van der Waals surface area (Å²) in [6.45, 7) is 1.94. The van der Waals surface area contributed by atoms with Gasteiger partial charge in [0, 0.05) is 18.2 Å². The number of benzene rings is 1. The summed E-state index contributed by atoms with van der Waals surface area (Å²) >= 11 is 0. The first-order chi connectivity index (χ1) is 6.65. The van der Waals surface area contributed by atoms with E-state index in [4.69, 9.17) is 10.8 Å². The lowest BCUT2D eigenvalue weighted by Crippen LogP contribution is -2.12. The quantitative estimate of drug-likeness (QED) is 0.774. The Bertz CT molecular complexity index is 301. The van der Waals surface area contributed by atoms with Crippen LogP contribution in [0.1, 0.15) is 30.0 Å². The van der Waals surface area contributed by atoms with Crippen LogP contribution in [0.3, 0.4) is 0 Å². The lowest BCUT2D eigenvalue weighted by atomic mass is 10.0. The molecule has 78 valence electrons. The highest BCUT2D eigenvalue weighted by atomic mass is 19.1. The molecule has 0 spiro atoms. The van der Waals surface area contributed by atoms with E-state index in [-0.39, 0.29) is 18.5 Å². The molecule has 0 aliphatic carbocycles. The summed E-state index contributed by atoms with van der Waals surface area (Å²) in [4.78, 5) is 0. The third kappa shape index (κ3) is 2.79. The Morgan fingerprint density at radius 3 is 2.79 bits per heavy atom. The Balaban J connectivity index is 2.74. The van der Waals surface area contributed by atoms with Crippen molar-refractivity contribution >= 4 is 0 Å². The van der Waals surface area contributed by atoms with Gasteiger partial charge in [0.25, 0.3) is 0 Å². The third-order valence-corrected chi connectivity index (χ3v) is 2.23. The molecule has 1 aromatic carbocycles. The molecule has 0 aromatic heterocycles. The van der Waals surface area contributed by atoms with Gasteiger partial charge < -0.3 is 10.8 Å². The van der Waals surface area contributed by atoms with Crippen molar-refractivity contribution in [2.24, 2.45) is 5.73 Å². The van der Waals surface area contributed by atoms with Crippen LogP contribution in [-0.4, -0.2) is 11.7 Å². The maximum atomic E-state index is 13.4. The topological polar surface area (TPSA) is 46.2 Å². The molecular formula is C11H16FNO. The standard InChI is InChI=1S/C11H16FNO/c1-8-4-5-9(10(12)7-8)11(13)3-2-6-14/h4-5,7,11,14H,2-3,6,13H2,1H3/t11-/m1/s1. The highest BCUT2D eigenvalue weighted by molar-refractivity contribution is 5.25. The van der Waals surface area contributed by atoms with Crippen molar-refractivity contribution in [3.05, 3.63) is 35.1 Å². The zero-order chi connectivity index (χ0) is 10.6. The van der Waals surface area contributed by atoms with E-state index in [1.54, 1.807) is 6.07 Å². The minimum atomic E-state index is -0.317. The fourth-order valence-electron chi connectivity index (χ4n) is 1.40. The largest absolute Gasteiger partial charge is 0.396 e. The van der Waals surface area contributed by atoms with Crippen molar-refractivity contribution in [1.82, 2.24) is 0 Å². The van der Waals surface area contributed by atoms with Crippen LogP contribution >= 0.6 is 0 Å². The van der Waals surface area contributed by atoms with E-state index in [1.165, 1.54) is 6.07 Å². The molecule has 0 aliphatic rings. The number of rotatable bonds is 4. The Morgan fingerprint density at radius 1 is 1.50 bits per heavy atom. The number of nitrogens with two attached hydrogens (primary N) is 1. The Kier molecular flexibility index (Phi) is 4.04. The van der Waals surface area contributed by atoms with Gasteiger partial charge in [0.05, 0.1) is 0 Å². The molecule has 0 aliphatic heterocycles. The van der Waals surface area contributed by atoms with Crippen molar-refractivity contribution in [2.75, 3.05) is 6.61 Å². The summed E-state index contributed by atoms with van der Waals surface area (Å²) in [5, 5.41) is 8.63. The first-order valence-corrected chi connectivity index (χ1v) is 4.77. The lowest BCUT2D eigenvalue weighted by molar-refractivity contribution is 0.279. The van der Waals surface area contributed by atoms with Gasteiger partial charge in [0.15, 0.2) is 0 Å². The molecule has 0 radical (unpaired) electrons. The predicted octanol–water partition coefficient (Wildman–Crippen LogP) is 1.91. The van der Waals surface area contributed by atoms with Crippen molar-refractivity contribution < 1.29 is 9.50 Å². The Labute approximate surface area is 83.6 Å². The Morgan fingerprint density at radius 2 is 2.21 bits per heavy atom. The number of hydrogen-bond donors (Lipinski definition) is 2. The maximum absolute atomic E-state index is 13.4. The molecule has 3 N–H and O–H groups in total. The average Bonchev–Trinajstić information content (AvgIpc) is 2.14. The Hall–Kier alpha value is -0.930. The normalized spacial score (nSPS) is 12.9. The molecule has 14 heavy (non-hydrogen) atoms. The van der Waals surface area contributed by atoms with Gasteiger partial charge in [-0.3, -0.25) is 0 Å². The SMILES string of the molecule is Cc1ccc([C@H](N)CCCO)c(F)c1. The van der Waals surface area contributed by atoms with Crippen LogP contribution in [0.5, 0.6) is 0 Å². The van der Waals surface area contributed by atoms with Crippen LogP contribution in [0.15, 0.2) is 18.2 Å². The highest BCUT2D eigenvalue weighted by Gasteiger charge is 2.10. The second-order valence-corrected chi connectivity index (χ2v) is 3.50. The molecule has 2 nitrogen and oxygen atoms in total. The van der Waals surface area contributed by atoms with Gasteiger partial charge in [0.1, 0.15) is 5.82 Å². The molecule has 0 fully saturated rings. The average molecular weight is 197 g/mol. The zero-order valence-corrected chi connectivity index (χ0v) is 8.33. The first-order valence-electron chi connectivity index (χ1n) is 4.77. The molecule has 0 bridgehead atoms. The van der Waals surface area contributed by atoms with E-state index in [1.807, 2.05) is 13.0 Å². The lowest BCUT2D eigenvalue weighted by Gasteiger charge is -2.12. The van der Waals surface area contributed by atoms with Gasteiger partial charge in [0.2, 0.25) is 0 Å². The second-order valence-electron chi connectivity index (χ2n) is 3.50. The van der Waals surface area contributed by atoms with Gasteiger partial charge in [-0.05, 0) is 31.4 Å². The predicted molar refractivity (Wildman–Crippen MR) is 54.4 cm³/mol. The van der Waals surface area contributed by atoms with Gasteiger partial charge in [-0.2, -0.15) is 0 Å². The molecule has 1 atom stereocenters. The van der Waals surface area contributed by atoms with E-state index < -0.39 is 0 Å². The van der Waals surface area contributed by atoms with Crippen molar-refractivity contribution in [3.8, 4) is 0 Å². The third-order valence-electron chi connectivity index (χ3n) is 2.23. The highest BCUT2D eigenvalue weighted by Crippen LogP contribution is 2.19. The summed E-state index contributed by atoms with van der Waals surface area (Å²) in [6, 6.07) is 4.72. The molecule has 0 saturated heterocycles. The van der Waals surface area contributed by atoms with Crippen molar-refractivity contribution in [2.45, 2.75) is 25.8 Å². The van der Waals surface area contributed by atoms with Crippen LogP contribution in [-0.2, 0) is 0 Å². The number of aliphatic hydroxyl groups is 1. The zero-order valence-electron chi connectivity index (χ0n) is 8.33. The van der Waals surface area contributed by atoms with Crippen LogP contribution in [0, 0.1) is 12.7 Å². The van der Waals surface area contributed by atoms with E-state index in [9.17, 15) is 4.39 Å². The minimum absolute atomic E-state index is 0.0984. The van der Waals surface area contributed by atoms with E-state index >= 15 is 0 Å². The monoisotopic (exact) mass is 197 g/mol. The van der Waals surface area contributed by atoms with Gasteiger partial charge in [-0.25, -0.2) is 4.39 Å². The molecule has 0 amide bonds. The molecule has 3 heteroatoms. The van der Waals surface area contributed by atoms with Gasteiger partial charge in [-0.15, -0.1) is 0 Å². The summed E-state index contributed by atoms with van der Waals surface area (Å²) in [7, 11) is 0. The van der Waals surface area contributed by atoms with Gasteiger partial charge in [-0.1, -0.05) is 12.1 Å². The number of halogens is 1. The maximum Gasteiger partial charge on any atom is 0.128 e.